The SMILES string of the molecule is CC(C)(C)OC(=O)NCCN(C(=O)OCC1c2ccccc2-c2ccccc21)[C@H](CCCCNC(=O)OCc1ccccc1Cl)C(=O)O. The molecule has 0 spiro atoms. The fourth-order valence-electron chi connectivity index (χ4n) is 5.52. The third-order valence-electron chi connectivity index (χ3n) is 7.74. The van der Waals surface area contributed by atoms with Gasteiger partial charge in [0.2, 0.25) is 0 Å². The van der Waals surface area contributed by atoms with Crippen LogP contribution in [-0.4, -0.2) is 72.1 Å². The Morgan fingerprint density at radius 1 is 0.833 bits per heavy atom. The van der Waals surface area contributed by atoms with Crippen molar-refractivity contribution in [2.45, 2.75) is 64.2 Å². The molecule has 256 valence electrons. The Labute approximate surface area is 285 Å². The summed E-state index contributed by atoms with van der Waals surface area (Å²) in [5.41, 5.74) is 4.13. The van der Waals surface area contributed by atoms with Gasteiger partial charge < -0.3 is 30.0 Å². The number of nitrogens with one attached hydrogen (secondary N) is 2. The van der Waals surface area contributed by atoms with Gasteiger partial charge in [0.25, 0.3) is 0 Å². The highest BCUT2D eigenvalue weighted by molar-refractivity contribution is 6.31. The number of amides is 3. The molecule has 0 saturated heterocycles. The van der Waals surface area contributed by atoms with E-state index in [2.05, 4.69) is 10.6 Å². The van der Waals surface area contributed by atoms with E-state index in [-0.39, 0.29) is 45.2 Å². The summed E-state index contributed by atoms with van der Waals surface area (Å²) in [5, 5.41) is 15.9. The number of rotatable bonds is 14. The molecule has 0 saturated carbocycles. The number of ether oxygens (including phenoxy) is 3. The predicted molar refractivity (Wildman–Crippen MR) is 181 cm³/mol. The Hall–Kier alpha value is -4.77. The molecule has 3 N–H and O–H groups in total. The molecule has 3 aromatic rings. The minimum atomic E-state index is -1.24. The number of carbonyl (C=O) groups is 4. The van der Waals surface area contributed by atoms with Crippen molar-refractivity contribution in [3.63, 3.8) is 0 Å². The first kappa shape index (κ1) is 36.1. The number of benzene rings is 3. The minimum Gasteiger partial charge on any atom is -0.480 e. The maximum Gasteiger partial charge on any atom is 0.410 e. The van der Waals surface area contributed by atoms with Crippen LogP contribution >= 0.6 is 11.6 Å². The van der Waals surface area contributed by atoms with E-state index >= 15 is 0 Å². The molecule has 0 unspecified atom stereocenters. The zero-order valence-corrected chi connectivity index (χ0v) is 28.1. The molecule has 0 aromatic heterocycles. The van der Waals surface area contributed by atoms with Gasteiger partial charge in [-0.05, 0) is 68.4 Å². The molecular weight excluding hydrogens is 638 g/mol. The molecule has 48 heavy (non-hydrogen) atoms. The van der Waals surface area contributed by atoms with Crippen LogP contribution in [0.15, 0.2) is 72.8 Å². The molecule has 0 heterocycles. The van der Waals surface area contributed by atoms with Crippen LogP contribution in [0, 0.1) is 0 Å². The summed E-state index contributed by atoms with van der Waals surface area (Å²) >= 11 is 6.10. The van der Waals surface area contributed by atoms with E-state index in [1.54, 1.807) is 45.0 Å². The lowest BCUT2D eigenvalue weighted by atomic mass is 9.98. The molecule has 12 heteroatoms. The third-order valence-corrected chi connectivity index (χ3v) is 8.11. The largest absolute Gasteiger partial charge is 0.480 e. The first-order chi connectivity index (χ1) is 22.9. The van der Waals surface area contributed by atoms with Crippen molar-refractivity contribution in [3.8, 4) is 11.1 Å². The van der Waals surface area contributed by atoms with E-state index in [1.807, 2.05) is 48.5 Å². The quantitative estimate of drug-likeness (QED) is 0.123. The molecule has 11 nitrogen and oxygen atoms in total. The maximum absolute atomic E-state index is 13.6. The van der Waals surface area contributed by atoms with E-state index in [0.29, 0.717) is 23.4 Å². The van der Waals surface area contributed by atoms with Gasteiger partial charge in [0, 0.05) is 36.1 Å². The number of carboxylic acids is 1. The third kappa shape index (κ3) is 10.1. The number of aliphatic carboxylic acids is 1. The topological polar surface area (TPSA) is 144 Å². The first-order valence-electron chi connectivity index (χ1n) is 15.9. The molecule has 1 aliphatic rings. The van der Waals surface area contributed by atoms with Crippen molar-refractivity contribution in [1.82, 2.24) is 15.5 Å². The molecular formula is C36H42ClN3O8. The number of carbonyl (C=O) groups excluding carboxylic acids is 3. The number of fused-ring (bicyclic) bond motifs is 3. The van der Waals surface area contributed by atoms with E-state index in [4.69, 9.17) is 25.8 Å². The first-order valence-corrected chi connectivity index (χ1v) is 16.3. The average Bonchev–Trinajstić information content (AvgIpc) is 3.36. The number of halogens is 1. The Balaban J connectivity index is 1.36. The van der Waals surface area contributed by atoms with Crippen molar-refractivity contribution < 1.29 is 38.5 Å². The molecule has 3 amide bonds. The molecule has 0 bridgehead atoms. The normalized spacial score (nSPS) is 12.7. The summed E-state index contributed by atoms with van der Waals surface area (Å²) < 4.78 is 16.3. The molecule has 3 aromatic carbocycles. The second kappa shape index (κ2) is 16.9. The summed E-state index contributed by atoms with van der Waals surface area (Å²) in [6.07, 6.45) is -1.24. The lowest BCUT2D eigenvalue weighted by molar-refractivity contribution is -0.143. The van der Waals surface area contributed by atoms with Crippen LogP contribution in [0.2, 0.25) is 5.02 Å². The second-order valence-corrected chi connectivity index (χ2v) is 12.8. The standard InChI is InChI=1S/C36H42ClN3O8/c1-36(2,3)48-34(44)39-20-21-40(35(45)47-23-29-27-15-7-5-13-25(27)26-14-6-8-16-28(26)29)31(32(41)42)18-10-11-19-38-33(43)46-22-24-12-4-9-17-30(24)37/h4-9,12-17,29,31H,10-11,18-23H2,1-3H3,(H,38,43)(H,39,44)(H,41,42)/t31-/m1/s1. The van der Waals surface area contributed by atoms with Gasteiger partial charge in [-0.2, -0.15) is 0 Å². The van der Waals surface area contributed by atoms with Gasteiger partial charge in [0.1, 0.15) is 24.9 Å². The fraction of sp³-hybridized carbons (Fsp3) is 0.389. The van der Waals surface area contributed by atoms with Gasteiger partial charge in [0.05, 0.1) is 0 Å². The molecule has 0 aliphatic heterocycles. The summed E-state index contributed by atoms with van der Waals surface area (Å²) in [5.74, 6) is -1.43. The molecule has 1 aliphatic carbocycles. The Morgan fingerprint density at radius 3 is 2.06 bits per heavy atom. The summed E-state index contributed by atoms with van der Waals surface area (Å²) in [6.45, 7) is 5.25. The van der Waals surface area contributed by atoms with Crippen LogP contribution in [0.5, 0.6) is 0 Å². The van der Waals surface area contributed by atoms with Crippen LogP contribution in [0.4, 0.5) is 14.4 Å². The Bertz CT molecular complexity index is 1550. The zero-order chi connectivity index (χ0) is 34.7. The number of unbranched alkanes of at least 4 members (excludes halogenated alkanes) is 1. The molecule has 1 atom stereocenters. The van der Waals surface area contributed by atoms with Gasteiger partial charge in [0.15, 0.2) is 0 Å². The summed E-state index contributed by atoms with van der Waals surface area (Å²) in [4.78, 5) is 51.6. The van der Waals surface area contributed by atoms with Crippen LogP contribution in [0.1, 0.15) is 62.6 Å². The Morgan fingerprint density at radius 2 is 1.44 bits per heavy atom. The smallest absolute Gasteiger partial charge is 0.410 e. The molecule has 0 fully saturated rings. The summed E-state index contributed by atoms with van der Waals surface area (Å²) in [7, 11) is 0. The number of alkyl carbamates (subject to hydrolysis) is 2. The number of hydrogen-bond donors (Lipinski definition) is 3. The van der Waals surface area contributed by atoms with Crippen LogP contribution in [-0.2, 0) is 25.6 Å². The minimum absolute atomic E-state index is 0.00934. The number of hydrogen-bond acceptors (Lipinski definition) is 7. The fourth-order valence-corrected chi connectivity index (χ4v) is 5.71. The van der Waals surface area contributed by atoms with Gasteiger partial charge in [-0.3, -0.25) is 4.90 Å². The van der Waals surface area contributed by atoms with Crippen molar-refractivity contribution >= 4 is 35.8 Å². The zero-order valence-electron chi connectivity index (χ0n) is 27.4. The van der Waals surface area contributed by atoms with Gasteiger partial charge in [-0.1, -0.05) is 78.3 Å². The lowest BCUT2D eigenvalue weighted by Crippen LogP contribution is -2.49. The van der Waals surface area contributed by atoms with Crippen molar-refractivity contribution in [2.24, 2.45) is 0 Å². The van der Waals surface area contributed by atoms with E-state index < -0.39 is 35.9 Å². The van der Waals surface area contributed by atoms with Gasteiger partial charge in [-0.15, -0.1) is 0 Å². The number of nitrogens with zero attached hydrogens (tertiary/aromatic N) is 1. The van der Waals surface area contributed by atoms with Gasteiger partial charge >= 0.3 is 24.2 Å². The number of carboxylic acid groups (broad SMARTS) is 1. The van der Waals surface area contributed by atoms with Crippen molar-refractivity contribution in [1.29, 1.82) is 0 Å². The van der Waals surface area contributed by atoms with E-state index in [0.717, 1.165) is 27.2 Å². The van der Waals surface area contributed by atoms with Crippen LogP contribution in [0.25, 0.3) is 11.1 Å². The molecule has 4 rings (SSSR count). The van der Waals surface area contributed by atoms with Crippen LogP contribution < -0.4 is 10.6 Å². The highest BCUT2D eigenvalue weighted by Crippen LogP contribution is 2.44. The maximum atomic E-state index is 13.6. The predicted octanol–water partition coefficient (Wildman–Crippen LogP) is 6.97. The molecule has 0 radical (unpaired) electrons. The van der Waals surface area contributed by atoms with Crippen molar-refractivity contribution in [3.05, 3.63) is 94.5 Å². The van der Waals surface area contributed by atoms with E-state index in [9.17, 15) is 24.3 Å². The van der Waals surface area contributed by atoms with Gasteiger partial charge in [-0.25, -0.2) is 19.2 Å². The highest BCUT2D eigenvalue weighted by Gasteiger charge is 2.33. The second-order valence-electron chi connectivity index (χ2n) is 12.4. The average molecular weight is 680 g/mol. The monoisotopic (exact) mass is 679 g/mol. The van der Waals surface area contributed by atoms with Crippen molar-refractivity contribution in [2.75, 3.05) is 26.2 Å². The van der Waals surface area contributed by atoms with E-state index in [1.165, 1.54) is 0 Å². The highest BCUT2D eigenvalue weighted by atomic mass is 35.5. The Kier molecular flexibility index (Phi) is 12.7. The summed E-state index contributed by atoms with van der Waals surface area (Å²) in [6, 6.07) is 21.6. The van der Waals surface area contributed by atoms with Crippen LogP contribution in [0.3, 0.4) is 0 Å². The lowest BCUT2D eigenvalue weighted by Gasteiger charge is -2.29.